The largest absolute Gasteiger partial charge is 0.461 e. The van der Waals surface area contributed by atoms with Gasteiger partial charge in [0.15, 0.2) is 5.69 Å². The molecular weight excluding hydrogens is 308 g/mol. The van der Waals surface area contributed by atoms with Crippen LogP contribution >= 0.6 is 11.6 Å². The normalized spacial score (nSPS) is 10.3. The zero-order chi connectivity index (χ0) is 15.9. The highest BCUT2D eigenvalue weighted by Gasteiger charge is 2.11. The van der Waals surface area contributed by atoms with E-state index in [1.165, 1.54) is 10.9 Å². The zero-order valence-electron chi connectivity index (χ0n) is 12.0. The number of hydrogen-bond acceptors (Lipinski definition) is 5. The molecule has 0 aromatic carbocycles. The van der Waals surface area contributed by atoms with Crippen molar-refractivity contribution in [1.29, 1.82) is 0 Å². The monoisotopic (exact) mass is 322 g/mol. The number of aryl methyl sites for hydroxylation is 1. The molecule has 1 N–H and O–H groups in total. The van der Waals surface area contributed by atoms with E-state index in [1.807, 2.05) is 0 Å². The van der Waals surface area contributed by atoms with Gasteiger partial charge in [-0.25, -0.2) is 9.78 Å². The van der Waals surface area contributed by atoms with Crippen LogP contribution in [0.1, 0.15) is 23.8 Å². The molecule has 0 saturated carbocycles. The maximum Gasteiger partial charge on any atom is 0.358 e. The molecule has 2 rings (SSSR count). The number of aromatic nitrogens is 3. The van der Waals surface area contributed by atoms with Gasteiger partial charge in [0.05, 0.1) is 11.6 Å². The van der Waals surface area contributed by atoms with Crippen molar-refractivity contribution < 1.29 is 14.3 Å². The average Bonchev–Trinajstić information content (AvgIpc) is 2.97. The second kappa shape index (κ2) is 7.56. The summed E-state index contributed by atoms with van der Waals surface area (Å²) in [4.78, 5) is 27.2. The van der Waals surface area contributed by atoms with Crippen LogP contribution < -0.4 is 5.32 Å². The first-order chi connectivity index (χ1) is 10.6. The summed E-state index contributed by atoms with van der Waals surface area (Å²) < 4.78 is 6.36. The lowest BCUT2D eigenvalue weighted by Crippen LogP contribution is -2.16. The first kappa shape index (κ1) is 16.0. The minimum absolute atomic E-state index is 0.203. The molecule has 0 atom stereocenters. The van der Waals surface area contributed by atoms with Gasteiger partial charge in [0.1, 0.15) is 5.82 Å². The van der Waals surface area contributed by atoms with Gasteiger partial charge in [-0.3, -0.25) is 9.48 Å². The molecule has 116 valence electrons. The molecule has 0 bridgehead atoms. The topological polar surface area (TPSA) is 86.1 Å². The Morgan fingerprint density at radius 3 is 2.86 bits per heavy atom. The van der Waals surface area contributed by atoms with Crippen molar-refractivity contribution in [2.24, 2.45) is 0 Å². The fraction of sp³-hybridized carbons (Fsp3) is 0.286. The van der Waals surface area contributed by atoms with E-state index in [0.29, 0.717) is 24.0 Å². The first-order valence-corrected chi connectivity index (χ1v) is 7.08. The Hall–Kier alpha value is -2.41. The SMILES string of the molecule is CCOC(=O)c1ccn(CCC(=O)Nc2ccc(Cl)cn2)n1. The van der Waals surface area contributed by atoms with Gasteiger partial charge < -0.3 is 10.1 Å². The zero-order valence-corrected chi connectivity index (χ0v) is 12.7. The summed E-state index contributed by atoms with van der Waals surface area (Å²) in [5.41, 5.74) is 0.224. The Morgan fingerprint density at radius 1 is 1.36 bits per heavy atom. The van der Waals surface area contributed by atoms with Crippen molar-refractivity contribution in [1.82, 2.24) is 14.8 Å². The second-order valence-corrected chi connectivity index (χ2v) is 4.78. The minimum Gasteiger partial charge on any atom is -0.461 e. The number of rotatable bonds is 6. The van der Waals surface area contributed by atoms with Gasteiger partial charge >= 0.3 is 5.97 Å². The van der Waals surface area contributed by atoms with Crippen LogP contribution in [-0.4, -0.2) is 33.2 Å². The summed E-state index contributed by atoms with van der Waals surface area (Å²) in [7, 11) is 0. The molecule has 0 aliphatic carbocycles. The molecule has 0 saturated heterocycles. The summed E-state index contributed by atoms with van der Waals surface area (Å²) in [6.07, 6.45) is 3.28. The molecule has 0 unspecified atom stereocenters. The van der Waals surface area contributed by atoms with E-state index in [4.69, 9.17) is 16.3 Å². The number of amides is 1. The van der Waals surface area contributed by atoms with Crippen LogP contribution in [0.4, 0.5) is 5.82 Å². The molecule has 2 heterocycles. The number of esters is 1. The van der Waals surface area contributed by atoms with Gasteiger partial charge in [0, 0.05) is 25.4 Å². The predicted octanol–water partition coefficient (Wildman–Crippen LogP) is 2.14. The number of halogens is 1. The number of carbonyl (C=O) groups is 2. The molecule has 0 radical (unpaired) electrons. The van der Waals surface area contributed by atoms with E-state index >= 15 is 0 Å². The molecule has 7 nitrogen and oxygen atoms in total. The molecule has 2 aromatic rings. The molecule has 0 fully saturated rings. The number of hydrogen-bond donors (Lipinski definition) is 1. The van der Waals surface area contributed by atoms with E-state index in [2.05, 4.69) is 15.4 Å². The third kappa shape index (κ3) is 4.56. The lowest BCUT2D eigenvalue weighted by molar-refractivity contribution is -0.116. The summed E-state index contributed by atoms with van der Waals surface area (Å²) in [6, 6.07) is 4.81. The molecule has 22 heavy (non-hydrogen) atoms. The van der Waals surface area contributed by atoms with Crippen LogP contribution in [0.3, 0.4) is 0 Å². The Bertz CT molecular complexity index is 654. The fourth-order valence-corrected chi connectivity index (χ4v) is 1.78. The first-order valence-electron chi connectivity index (χ1n) is 6.70. The van der Waals surface area contributed by atoms with Crippen molar-refractivity contribution in [3.63, 3.8) is 0 Å². The molecule has 1 amide bonds. The van der Waals surface area contributed by atoms with Gasteiger partial charge in [-0.15, -0.1) is 0 Å². The molecule has 2 aromatic heterocycles. The smallest absolute Gasteiger partial charge is 0.358 e. The van der Waals surface area contributed by atoms with E-state index in [9.17, 15) is 9.59 Å². The number of nitrogens with zero attached hydrogens (tertiary/aromatic N) is 3. The van der Waals surface area contributed by atoms with E-state index in [1.54, 1.807) is 31.3 Å². The fourth-order valence-electron chi connectivity index (χ4n) is 1.67. The highest BCUT2D eigenvalue weighted by molar-refractivity contribution is 6.30. The summed E-state index contributed by atoms with van der Waals surface area (Å²) in [5, 5.41) is 7.20. The number of ether oxygens (including phenoxy) is 1. The molecule has 0 aliphatic rings. The maximum absolute atomic E-state index is 11.8. The molecule has 0 spiro atoms. The Morgan fingerprint density at radius 2 is 2.18 bits per heavy atom. The third-order valence-electron chi connectivity index (χ3n) is 2.69. The highest BCUT2D eigenvalue weighted by atomic mass is 35.5. The number of pyridine rings is 1. The quantitative estimate of drug-likeness (QED) is 0.823. The van der Waals surface area contributed by atoms with Gasteiger partial charge in [-0.05, 0) is 25.1 Å². The molecular formula is C14H15ClN4O3. The van der Waals surface area contributed by atoms with Crippen LogP contribution in [0, 0.1) is 0 Å². The van der Waals surface area contributed by atoms with Crippen molar-refractivity contribution in [2.75, 3.05) is 11.9 Å². The van der Waals surface area contributed by atoms with E-state index in [-0.39, 0.29) is 18.0 Å². The van der Waals surface area contributed by atoms with Crippen molar-refractivity contribution >= 4 is 29.3 Å². The van der Waals surface area contributed by atoms with Crippen LogP contribution in [0.25, 0.3) is 0 Å². The molecule has 0 aliphatic heterocycles. The van der Waals surface area contributed by atoms with Gasteiger partial charge in [-0.1, -0.05) is 11.6 Å². The van der Waals surface area contributed by atoms with Crippen molar-refractivity contribution in [3.8, 4) is 0 Å². The Labute approximate surface area is 132 Å². The van der Waals surface area contributed by atoms with Gasteiger partial charge in [-0.2, -0.15) is 5.10 Å². The molecule has 8 heteroatoms. The van der Waals surface area contributed by atoms with E-state index < -0.39 is 5.97 Å². The average molecular weight is 323 g/mol. The predicted molar refractivity (Wildman–Crippen MR) is 80.7 cm³/mol. The van der Waals surface area contributed by atoms with Crippen molar-refractivity contribution in [3.05, 3.63) is 41.3 Å². The number of nitrogens with one attached hydrogen (secondary N) is 1. The maximum atomic E-state index is 11.8. The van der Waals surface area contributed by atoms with Gasteiger partial charge in [0.2, 0.25) is 5.91 Å². The second-order valence-electron chi connectivity index (χ2n) is 4.34. The lowest BCUT2D eigenvalue weighted by Gasteiger charge is -2.04. The Kier molecular flexibility index (Phi) is 5.48. The van der Waals surface area contributed by atoms with Crippen LogP contribution in [0.5, 0.6) is 0 Å². The van der Waals surface area contributed by atoms with Crippen LogP contribution in [0.15, 0.2) is 30.6 Å². The lowest BCUT2D eigenvalue weighted by atomic mass is 10.4. The van der Waals surface area contributed by atoms with Crippen LogP contribution in [-0.2, 0) is 16.1 Å². The third-order valence-corrected chi connectivity index (χ3v) is 2.91. The standard InChI is InChI=1S/C14H15ClN4O3/c1-2-22-14(21)11-5-7-19(18-11)8-6-13(20)17-12-4-3-10(15)9-16-12/h3-5,7,9H,2,6,8H2,1H3,(H,16,17,20). The number of carbonyl (C=O) groups excluding carboxylic acids is 2. The van der Waals surface area contributed by atoms with E-state index in [0.717, 1.165) is 0 Å². The highest BCUT2D eigenvalue weighted by Crippen LogP contribution is 2.09. The number of anilines is 1. The minimum atomic E-state index is -0.476. The summed E-state index contributed by atoms with van der Waals surface area (Å²) in [5.74, 6) is -0.249. The Balaban J connectivity index is 1.83. The summed E-state index contributed by atoms with van der Waals surface area (Å²) in [6.45, 7) is 2.37. The summed E-state index contributed by atoms with van der Waals surface area (Å²) >= 11 is 5.72. The van der Waals surface area contributed by atoms with Gasteiger partial charge in [0.25, 0.3) is 0 Å². The van der Waals surface area contributed by atoms with Crippen molar-refractivity contribution in [2.45, 2.75) is 19.9 Å². The van der Waals surface area contributed by atoms with Crippen LogP contribution in [0.2, 0.25) is 5.02 Å².